The van der Waals surface area contributed by atoms with Gasteiger partial charge in [0.2, 0.25) is 0 Å². The first kappa shape index (κ1) is 20.6. The highest BCUT2D eigenvalue weighted by Gasteiger charge is 2.40. The molecule has 1 amide bonds. The Bertz CT molecular complexity index is 1080. The molecule has 1 fully saturated rings. The Morgan fingerprint density at radius 1 is 1.16 bits per heavy atom. The standard InChI is InChI=1S/C26H29N3O3/c1-3-31-19-9-6-17(7-10-19)24-21-12-13-27-25(21)22-15-18(8-11-23(22)28-24)26(30)29(2)16-20-5-4-14-32-20/h4-11,14-15,21,24-25,27-28H,3,12-13,16H2,1-2H3. The average molecular weight is 432 g/mol. The number of hydrogen-bond acceptors (Lipinski definition) is 5. The lowest BCUT2D eigenvalue weighted by Crippen LogP contribution is -2.33. The van der Waals surface area contributed by atoms with Crippen LogP contribution in [-0.2, 0) is 6.54 Å². The minimum Gasteiger partial charge on any atom is -0.494 e. The molecule has 2 aliphatic rings. The van der Waals surface area contributed by atoms with E-state index in [-0.39, 0.29) is 18.0 Å². The molecule has 6 nitrogen and oxygen atoms in total. The van der Waals surface area contributed by atoms with Gasteiger partial charge in [-0.2, -0.15) is 0 Å². The molecule has 0 spiro atoms. The number of benzene rings is 2. The molecule has 2 aliphatic heterocycles. The summed E-state index contributed by atoms with van der Waals surface area (Å²) in [5.41, 5.74) is 4.22. The Hall–Kier alpha value is -3.25. The van der Waals surface area contributed by atoms with E-state index < -0.39 is 0 Å². The van der Waals surface area contributed by atoms with Gasteiger partial charge in [-0.15, -0.1) is 0 Å². The van der Waals surface area contributed by atoms with Crippen LogP contribution >= 0.6 is 0 Å². The van der Waals surface area contributed by atoms with E-state index in [9.17, 15) is 4.79 Å². The van der Waals surface area contributed by atoms with Crippen molar-refractivity contribution in [2.75, 3.05) is 25.5 Å². The Morgan fingerprint density at radius 3 is 2.75 bits per heavy atom. The zero-order valence-corrected chi connectivity index (χ0v) is 18.5. The van der Waals surface area contributed by atoms with Crippen molar-refractivity contribution in [1.29, 1.82) is 0 Å². The van der Waals surface area contributed by atoms with E-state index in [1.54, 1.807) is 18.2 Å². The number of furan rings is 1. The monoisotopic (exact) mass is 431 g/mol. The van der Waals surface area contributed by atoms with Crippen molar-refractivity contribution in [3.8, 4) is 5.75 Å². The van der Waals surface area contributed by atoms with Gasteiger partial charge in [-0.05, 0) is 73.5 Å². The van der Waals surface area contributed by atoms with E-state index in [4.69, 9.17) is 9.15 Å². The minimum atomic E-state index is -0.00705. The predicted molar refractivity (Wildman–Crippen MR) is 124 cm³/mol. The minimum absolute atomic E-state index is 0.00705. The van der Waals surface area contributed by atoms with Crippen molar-refractivity contribution < 1.29 is 13.9 Å². The first-order chi connectivity index (χ1) is 15.6. The van der Waals surface area contributed by atoms with Crippen molar-refractivity contribution >= 4 is 11.6 Å². The van der Waals surface area contributed by atoms with E-state index in [2.05, 4.69) is 22.8 Å². The van der Waals surface area contributed by atoms with Crippen molar-refractivity contribution in [1.82, 2.24) is 10.2 Å². The van der Waals surface area contributed by atoms with Crippen LogP contribution in [0, 0.1) is 5.92 Å². The molecule has 3 atom stereocenters. The highest BCUT2D eigenvalue weighted by Crippen LogP contribution is 2.47. The highest BCUT2D eigenvalue weighted by atomic mass is 16.5. The quantitative estimate of drug-likeness (QED) is 0.589. The normalized spacial score (nSPS) is 21.4. The fourth-order valence-corrected chi connectivity index (χ4v) is 4.98. The molecule has 3 aromatic rings. The van der Waals surface area contributed by atoms with Crippen molar-refractivity contribution in [3.05, 3.63) is 83.3 Å². The third-order valence-electron chi connectivity index (χ3n) is 6.51. The maximum absolute atomic E-state index is 13.1. The van der Waals surface area contributed by atoms with E-state index in [0.29, 0.717) is 24.6 Å². The molecular weight excluding hydrogens is 402 g/mol. The summed E-state index contributed by atoms with van der Waals surface area (Å²) >= 11 is 0. The molecule has 166 valence electrons. The van der Waals surface area contributed by atoms with Gasteiger partial charge in [0.05, 0.1) is 25.5 Å². The summed E-state index contributed by atoms with van der Waals surface area (Å²) in [4.78, 5) is 14.7. The number of fused-ring (bicyclic) bond motifs is 3. The lowest BCUT2D eigenvalue weighted by atomic mass is 9.80. The summed E-state index contributed by atoms with van der Waals surface area (Å²) in [6.07, 6.45) is 2.72. The van der Waals surface area contributed by atoms with Crippen LogP contribution in [0.4, 0.5) is 5.69 Å². The summed E-state index contributed by atoms with van der Waals surface area (Å²) in [6.45, 7) is 4.09. The predicted octanol–water partition coefficient (Wildman–Crippen LogP) is 4.77. The summed E-state index contributed by atoms with van der Waals surface area (Å²) in [5.74, 6) is 2.09. The summed E-state index contributed by atoms with van der Waals surface area (Å²) in [6, 6.07) is 18.6. The van der Waals surface area contributed by atoms with Crippen LogP contribution in [0.1, 0.15) is 52.7 Å². The Labute approximate surface area is 188 Å². The molecule has 6 heteroatoms. The number of nitrogens with one attached hydrogen (secondary N) is 2. The average Bonchev–Trinajstić information content (AvgIpc) is 3.51. The topological polar surface area (TPSA) is 66.7 Å². The van der Waals surface area contributed by atoms with Gasteiger partial charge in [0.1, 0.15) is 11.5 Å². The summed E-state index contributed by atoms with van der Waals surface area (Å²) < 4.78 is 11.0. The summed E-state index contributed by atoms with van der Waals surface area (Å²) in [7, 11) is 1.81. The SMILES string of the molecule is CCOc1ccc(C2Nc3ccc(C(=O)N(C)Cc4ccco4)cc3C3NCCC23)cc1. The van der Waals surface area contributed by atoms with Crippen LogP contribution < -0.4 is 15.4 Å². The van der Waals surface area contributed by atoms with Crippen LogP contribution in [0.25, 0.3) is 0 Å². The number of hydrogen-bond donors (Lipinski definition) is 2. The molecule has 1 saturated heterocycles. The van der Waals surface area contributed by atoms with Gasteiger partial charge in [0, 0.05) is 30.3 Å². The van der Waals surface area contributed by atoms with E-state index in [0.717, 1.165) is 30.2 Å². The Kier molecular flexibility index (Phi) is 5.62. The zero-order chi connectivity index (χ0) is 22.1. The smallest absolute Gasteiger partial charge is 0.254 e. The molecule has 0 radical (unpaired) electrons. The second kappa shape index (κ2) is 8.71. The molecule has 0 aliphatic carbocycles. The number of ether oxygens (including phenoxy) is 1. The summed E-state index contributed by atoms with van der Waals surface area (Å²) in [5, 5.41) is 7.42. The largest absolute Gasteiger partial charge is 0.494 e. The van der Waals surface area contributed by atoms with Gasteiger partial charge >= 0.3 is 0 Å². The van der Waals surface area contributed by atoms with E-state index in [1.807, 2.05) is 49.4 Å². The van der Waals surface area contributed by atoms with Crippen LogP contribution in [0.5, 0.6) is 5.75 Å². The molecule has 1 aromatic heterocycles. The molecule has 2 N–H and O–H groups in total. The second-order valence-corrected chi connectivity index (χ2v) is 8.55. The molecule has 0 saturated carbocycles. The highest BCUT2D eigenvalue weighted by molar-refractivity contribution is 5.95. The molecule has 5 rings (SSSR count). The van der Waals surface area contributed by atoms with Crippen molar-refractivity contribution in [2.24, 2.45) is 5.92 Å². The molecule has 3 heterocycles. The Morgan fingerprint density at radius 2 is 2.00 bits per heavy atom. The second-order valence-electron chi connectivity index (χ2n) is 8.55. The van der Waals surface area contributed by atoms with Gasteiger partial charge in [-0.1, -0.05) is 12.1 Å². The van der Waals surface area contributed by atoms with Crippen molar-refractivity contribution in [3.63, 3.8) is 0 Å². The molecule has 32 heavy (non-hydrogen) atoms. The lowest BCUT2D eigenvalue weighted by molar-refractivity contribution is 0.0775. The van der Waals surface area contributed by atoms with E-state index in [1.165, 1.54) is 11.1 Å². The lowest BCUT2D eigenvalue weighted by Gasteiger charge is -2.37. The van der Waals surface area contributed by atoms with Gasteiger partial charge in [-0.3, -0.25) is 4.79 Å². The first-order valence-electron chi connectivity index (χ1n) is 11.3. The molecule has 3 unspecified atom stereocenters. The third-order valence-corrected chi connectivity index (χ3v) is 6.51. The van der Waals surface area contributed by atoms with Crippen LogP contribution in [0.15, 0.2) is 65.3 Å². The van der Waals surface area contributed by atoms with Crippen LogP contribution in [0.3, 0.4) is 0 Å². The van der Waals surface area contributed by atoms with Crippen LogP contribution in [0.2, 0.25) is 0 Å². The van der Waals surface area contributed by atoms with Gasteiger partial charge in [-0.25, -0.2) is 0 Å². The first-order valence-corrected chi connectivity index (χ1v) is 11.3. The van der Waals surface area contributed by atoms with Gasteiger partial charge in [0.25, 0.3) is 5.91 Å². The maximum Gasteiger partial charge on any atom is 0.254 e. The fourth-order valence-electron chi connectivity index (χ4n) is 4.98. The number of anilines is 1. The molecular formula is C26H29N3O3. The Balaban J connectivity index is 1.39. The third kappa shape index (κ3) is 3.86. The van der Waals surface area contributed by atoms with Crippen LogP contribution in [-0.4, -0.2) is 31.0 Å². The molecule has 2 aromatic carbocycles. The number of rotatable bonds is 6. The number of carbonyl (C=O) groups is 1. The number of nitrogens with zero attached hydrogens (tertiary/aromatic N) is 1. The molecule has 0 bridgehead atoms. The maximum atomic E-state index is 13.1. The van der Waals surface area contributed by atoms with E-state index >= 15 is 0 Å². The van der Waals surface area contributed by atoms with Gasteiger partial charge < -0.3 is 24.7 Å². The zero-order valence-electron chi connectivity index (χ0n) is 18.5. The van der Waals surface area contributed by atoms with Crippen molar-refractivity contribution in [2.45, 2.75) is 32.0 Å². The number of carbonyl (C=O) groups excluding carboxylic acids is 1. The van der Waals surface area contributed by atoms with Gasteiger partial charge in [0.15, 0.2) is 0 Å². The number of amides is 1. The fraction of sp³-hybridized carbons (Fsp3) is 0.346.